The number of carboxylic acids is 1. The van der Waals surface area contributed by atoms with Gasteiger partial charge in [-0.25, -0.2) is 0 Å². The molecule has 0 rings (SSSR count). The van der Waals surface area contributed by atoms with Gasteiger partial charge in [0, 0.05) is 0 Å². The van der Waals surface area contributed by atoms with Crippen LogP contribution in [0.15, 0.2) is 0 Å². The van der Waals surface area contributed by atoms with Crippen LogP contribution in [0.25, 0.3) is 0 Å². The first-order valence-corrected chi connectivity index (χ1v) is 3.24. The van der Waals surface area contributed by atoms with E-state index in [1.165, 1.54) is 13.8 Å². The maximum absolute atomic E-state index is 10.8. The molecule has 0 aromatic heterocycles. The van der Waals surface area contributed by atoms with Gasteiger partial charge in [-0.1, -0.05) is 0 Å². The fourth-order valence-electron chi connectivity index (χ4n) is 0.407. The standard InChI is InChI=1S/C6H12N2O3.ClH/c1-3(7)5(9)8-4(2)6(10)11;/h3-4H,7H2,1-2H3,(H,8,9)(H,10,11);1H/t3-,4+;/m0./s1. The fourth-order valence-corrected chi connectivity index (χ4v) is 0.407. The van der Waals surface area contributed by atoms with Crippen LogP contribution in [0.1, 0.15) is 13.8 Å². The number of nitrogens with one attached hydrogen (secondary N) is 1. The first-order chi connectivity index (χ1) is 4.95. The summed E-state index contributed by atoms with van der Waals surface area (Å²) in [5.74, 6) is -1.53. The molecular formula is C6H13ClN2O3. The smallest absolute Gasteiger partial charge is 0.325 e. The molecule has 6 heteroatoms. The molecule has 5 nitrogen and oxygen atoms in total. The van der Waals surface area contributed by atoms with Crippen molar-refractivity contribution >= 4 is 24.3 Å². The van der Waals surface area contributed by atoms with Gasteiger partial charge in [0.1, 0.15) is 6.04 Å². The van der Waals surface area contributed by atoms with Crippen LogP contribution in [0, 0.1) is 0 Å². The van der Waals surface area contributed by atoms with Crippen molar-refractivity contribution in [3.05, 3.63) is 0 Å². The van der Waals surface area contributed by atoms with Gasteiger partial charge in [0.2, 0.25) is 5.91 Å². The van der Waals surface area contributed by atoms with Crippen molar-refractivity contribution in [3.63, 3.8) is 0 Å². The van der Waals surface area contributed by atoms with Crippen LogP contribution in [0.4, 0.5) is 0 Å². The molecule has 0 fully saturated rings. The number of hydrogen-bond donors (Lipinski definition) is 3. The van der Waals surface area contributed by atoms with Crippen molar-refractivity contribution in [2.24, 2.45) is 5.73 Å². The summed E-state index contributed by atoms with van der Waals surface area (Å²) in [5, 5.41) is 10.6. The van der Waals surface area contributed by atoms with Crippen LogP contribution < -0.4 is 11.1 Å². The van der Waals surface area contributed by atoms with Gasteiger partial charge in [0.05, 0.1) is 6.04 Å². The lowest BCUT2D eigenvalue weighted by Crippen LogP contribution is -2.45. The number of halogens is 1. The zero-order valence-corrected chi connectivity index (χ0v) is 7.72. The Morgan fingerprint density at radius 1 is 1.42 bits per heavy atom. The Balaban J connectivity index is 0. The van der Waals surface area contributed by atoms with E-state index in [2.05, 4.69) is 5.32 Å². The van der Waals surface area contributed by atoms with Crippen molar-refractivity contribution in [1.29, 1.82) is 0 Å². The Hall–Kier alpha value is -0.810. The van der Waals surface area contributed by atoms with Gasteiger partial charge < -0.3 is 16.2 Å². The number of amides is 1. The van der Waals surface area contributed by atoms with E-state index in [4.69, 9.17) is 10.8 Å². The van der Waals surface area contributed by atoms with Crippen LogP contribution in [0.2, 0.25) is 0 Å². The molecule has 0 spiro atoms. The van der Waals surface area contributed by atoms with E-state index < -0.39 is 24.0 Å². The molecular weight excluding hydrogens is 184 g/mol. The van der Waals surface area contributed by atoms with Crippen molar-refractivity contribution < 1.29 is 14.7 Å². The normalized spacial score (nSPS) is 13.9. The van der Waals surface area contributed by atoms with Gasteiger partial charge in [-0.3, -0.25) is 9.59 Å². The molecule has 0 radical (unpaired) electrons. The summed E-state index contributed by atoms with van der Waals surface area (Å²) in [5.41, 5.74) is 5.18. The van der Waals surface area contributed by atoms with E-state index in [0.717, 1.165) is 0 Å². The van der Waals surface area contributed by atoms with Crippen LogP contribution >= 0.6 is 12.4 Å². The molecule has 0 aliphatic rings. The third-order valence-corrected chi connectivity index (χ3v) is 1.14. The summed E-state index contributed by atoms with van der Waals surface area (Å²) in [6.07, 6.45) is 0. The molecule has 0 unspecified atom stereocenters. The summed E-state index contributed by atoms with van der Waals surface area (Å²) in [4.78, 5) is 21.0. The van der Waals surface area contributed by atoms with Crippen LogP contribution in [-0.2, 0) is 9.59 Å². The zero-order valence-electron chi connectivity index (χ0n) is 6.90. The Morgan fingerprint density at radius 3 is 2.08 bits per heavy atom. The first kappa shape index (κ1) is 13.8. The van der Waals surface area contributed by atoms with Gasteiger partial charge in [-0.15, -0.1) is 12.4 Å². The Bertz CT molecular complexity index is 172. The van der Waals surface area contributed by atoms with Gasteiger partial charge in [0.25, 0.3) is 0 Å². The van der Waals surface area contributed by atoms with Crippen molar-refractivity contribution in [3.8, 4) is 0 Å². The Morgan fingerprint density at radius 2 is 1.83 bits per heavy atom. The van der Waals surface area contributed by atoms with E-state index >= 15 is 0 Å². The molecule has 4 N–H and O–H groups in total. The number of carbonyl (C=O) groups excluding carboxylic acids is 1. The molecule has 12 heavy (non-hydrogen) atoms. The van der Waals surface area contributed by atoms with Crippen LogP contribution in [-0.4, -0.2) is 29.1 Å². The predicted molar refractivity (Wildman–Crippen MR) is 46.1 cm³/mol. The van der Waals surface area contributed by atoms with Crippen molar-refractivity contribution in [2.75, 3.05) is 0 Å². The van der Waals surface area contributed by atoms with Crippen LogP contribution in [0.3, 0.4) is 0 Å². The van der Waals surface area contributed by atoms with Gasteiger partial charge in [-0.05, 0) is 13.8 Å². The molecule has 0 aromatic rings. The predicted octanol–water partition coefficient (Wildman–Crippen LogP) is -0.655. The zero-order chi connectivity index (χ0) is 9.02. The van der Waals surface area contributed by atoms with E-state index in [1.807, 2.05) is 0 Å². The number of carboxylic acid groups (broad SMARTS) is 1. The molecule has 0 bridgehead atoms. The number of aliphatic carboxylic acids is 1. The second-order valence-corrected chi connectivity index (χ2v) is 2.36. The largest absolute Gasteiger partial charge is 0.480 e. The van der Waals surface area contributed by atoms with Crippen LogP contribution in [0.5, 0.6) is 0 Å². The number of nitrogens with two attached hydrogens (primary N) is 1. The number of hydrogen-bond acceptors (Lipinski definition) is 3. The minimum Gasteiger partial charge on any atom is -0.480 e. The summed E-state index contributed by atoms with van der Waals surface area (Å²) in [6, 6.07) is -1.55. The minimum absolute atomic E-state index is 0. The molecule has 0 saturated carbocycles. The average molecular weight is 197 g/mol. The molecule has 0 heterocycles. The first-order valence-electron chi connectivity index (χ1n) is 3.24. The van der Waals surface area contributed by atoms with Gasteiger partial charge in [-0.2, -0.15) is 0 Å². The summed E-state index contributed by atoms with van der Waals surface area (Å²) >= 11 is 0. The minimum atomic E-state index is -1.07. The SMILES string of the molecule is C[C@H](N)C(=O)N[C@H](C)C(=O)O.Cl. The van der Waals surface area contributed by atoms with Gasteiger partial charge in [0.15, 0.2) is 0 Å². The Labute approximate surface area is 76.7 Å². The molecule has 2 atom stereocenters. The third kappa shape index (κ3) is 4.92. The second kappa shape index (κ2) is 5.79. The van der Waals surface area contributed by atoms with E-state index in [0.29, 0.717) is 0 Å². The highest BCUT2D eigenvalue weighted by Gasteiger charge is 2.15. The Kier molecular flexibility index (Phi) is 6.64. The maximum Gasteiger partial charge on any atom is 0.325 e. The average Bonchev–Trinajstić information content (AvgIpc) is 1.87. The lowest BCUT2D eigenvalue weighted by Gasteiger charge is -2.10. The maximum atomic E-state index is 10.8. The number of rotatable bonds is 3. The molecule has 0 aromatic carbocycles. The van der Waals surface area contributed by atoms with E-state index in [1.54, 1.807) is 0 Å². The topological polar surface area (TPSA) is 92.4 Å². The molecule has 72 valence electrons. The quantitative estimate of drug-likeness (QED) is 0.559. The molecule has 0 saturated heterocycles. The number of carbonyl (C=O) groups is 2. The molecule has 1 amide bonds. The lowest BCUT2D eigenvalue weighted by molar-refractivity contribution is -0.141. The summed E-state index contributed by atoms with van der Waals surface area (Å²) < 4.78 is 0. The monoisotopic (exact) mass is 196 g/mol. The highest BCUT2D eigenvalue weighted by molar-refractivity contribution is 5.86. The second-order valence-electron chi connectivity index (χ2n) is 2.36. The third-order valence-electron chi connectivity index (χ3n) is 1.14. The van der Waals surface area contributed by atoms with E-state index in [-0.39, 0.29) is 12.4 Å². The van der Waals surface area contributed by atoms with E-state index in [9.17, 15) is 9.59 Å². The molecule has 0 aliphatic carbocycles. The summed E-state index contributed by atoms with van der Waals surface area (Å²) in [7, 11) is 0. The summed E-state index contributed by atoms with van der Waals surface area (Å²) in [6.45, 7) is 2.87. The van der Waals surface area contributed by atoms with Crippen molar-refractivity contribution in [1.82, 2.24) is 5.32 Å². The highest BCUT2D eigenvalue weighted by atomic mass is 35.5. The lowest BCUT2D eigenvalue weighted by atomic mass is 10.3. The van der Waals surface area contributed by atoms with Crippen molar-refractivity contribution in [2.45, 2.75) is 25.9 Å². The fraction of sp³-hybridized carbons (Fsp3) is 0.667. The van der Waals surface area contributed by atoms with Gasteiger partial charge >= 0.3 is 5.97 Å². The molecule has 0 aliphatic heterocycles. The highest BCUT2D eigenvalue weighted by Crippen LogP contribution is 1.83.